The molecular formula is C13H17NO. The number of hydrogen-bond donors (Lipinski definition) is 1. The lowest BCUT2D eigenvalue weighted by Crippen LogP contribution is -2.22. The van der Waals surface area contributed by atoms with Crippen LogP contribution in [0.2, 0.25) is 0 Å². The van der Waals surface area contributed by atoms with Gasteiger partial charge in [-0.05, 0) is 17.4 Å². The second kappa shape index (κ2) is 4.05. The fraction of sp³-hybridized carbons (Fsp3) is 0.462. The summed E-state index contributed by atoms with van der Waals surface area (Å²) in [5.74, 6) is 1.15. The van der Waals surface area contributed by atoms with E-state index >= 15 is 0 Å². The number of rotatable bonds is 2. The van der Waals surface area contributed by atoms with Gasteiger partial charge in [-0.15, -0.1) is 0 Å². The van der Waals surface area contributed by atoms with E-state index in [0.717, 1.165) is 0 Å². The molecular weight excluding hydrogens is 186 g/mol. The predicted molar refractivity (Wildman–Crippen MR) is 60.3 cm³/mol. The Balaban J connectivity index is 2.24. The van der Waals surface area contributed by atoms with Crippen LogP contribution in [-0.2, 0) is 4.79 Å². The van der Waals surface area contributed by atoms with Crippen molar-refractivity contribution in [1.82, 2.24) is 5.32 Å². The van der Waals surface area contributed by atoms with Crippen molar-refractivity contribution >= 4 is 5.91 Å². The molecule has 1 fully saturated rings. The molecule has 15 heavy (non-hydrogen) atoms. The number of nitrogens with one attached hydrogen (secondary N) is 1. The maximum atomic E-state index is 11.4. The Kier molecular flexibility index (Phi) is 2.76. The summed E-state index contributed by atoms with van der Waals surface area (Å²) in [4.78, 5) is 11.4. The first-order valence-electron chi connectivity index (χ1n) is 5.53. The first-order chi connectivity index (χ1) is 7.18. The molecule has 2 atom stereocenters. The molecule has 2 rings (SSSR count). The maximum absolute atomic E-state index is 11.4. The molecule has 1 aromatic rings. The van der Waals surface area contributed by atoms with Gasteiger partial charge in [0.15, 0.2) is 0 Å². The molecule has 80 valence electrons. The summed E-state index contributed by atoms with van der Waals surface area (Å²) in [5.41, 5.74) is 1.22. The Morgan fingerprint density at radius 2 is 1.93 bits per heavy atom. The first-order valence-corrected chi connectivity index (χ1v) is 5.53. The standard InChI is InChI=1S/C13H17NO/c1-9(2)11-8-12(15)14-13(11)10-6-4-3-5-7-10/h3-7,9,11,13H,8H2,1-2H3,(H,14,15)/t11-,13-/m0/s1. The lowest BCUT2D eigenvalue weighted by atomic mass is 9.85. The van der Waals surface area contributed by atoms with Crippen LogP contribution in [0.3, 0.4) is 0 Å². The lowest BCUT2D eigenvalue weighted by molar-refractivity contribution is -0.119. The van der Waals surface area contributed by atoms with Crippen LogP contribution in [0.1, 0.15) is 31.9 Å². The average molecular weight is 203 g/mol. The fourth-order valence-electron chi connectivity index (χ4n) is 2.28. The van der Waals surface area contributed by atoms with E-state index in [1.807, 2.05) is 18.2 Å². The number of amides is 1. The molecule has 1 aromatic carbocycles. The van der Waals surface area contributed by atoms with E-state index in [1.165, 1.54) is 5.56 Å². The largest absolute Gasteiger partial charge is 0.349 e. The van der Waals surface area contributed by atoms with Crippen molar-refractivity contribution in [3.8, 4) is 0 Å². The van der Waals surface area contributed by atoms with Gasteiger partial charge >= 0.3 is 0 Å². The van der Waals surface area contributed by atoms with Crippen LogP contribution >= 0.6 is 0 Å². The monoisotopic (exact) mass is 203 g/mol. The van der Waals surface area contributed by atoms with E-state index in [2.05, 4.69) is 31.3 Å². The Morgan fingerprint density at radius 1 is 1.27 bits per heavy atom. The summed E-state index contributed by atoms with van der Waals surface area (Å²) < 4.78 is 0. The van der Waals surface area contributed by atoms with Crippen LogP contribution in [0.4, 0.5) is 0 Å². The minimum Gasteiger partial charge on any atom is -0.349 e. The summed E-state index contributed by atoms with van der Waals surface area (Å²) >= 11 is 0. The van der Waals surface area contributed by atoms with Crippen molar-refractivity contribution in [1.29, 1.82) is 0 Å². The lowest BCUT2D eigenvalue weighted by Gasteiger charge is -2.22. The predicted octanol–water partition coefficient (Wildman–Crippen LogP) is 2.52. The highest BCUT2D eigenvalue weighted by Gasteiger charge is 2.34. The van der Waals surface area contributed by atoms with E-state index in [0.29, 0.717) is 18.3 Å². The smallest absolute Gasteiger partial charge is 0.220 e. The van der Waals surface area contributed by atoms with Gasteiger partial charge in [-0.2, -0.15) is 0 Å². The Hall–Kier alpha value is -1.31. The third kappa shape index (κ3) is 2.04. The Labute approximate surface area is 90.7 Å². The van der Waals surface area contributed by atoms with E-state index in [9.17, 15) is 4.79 Å². The molecule has 0 radical (unpaired) electrons. The van der Waals surface area contributed by atoms with E-state index < -0.39 is 0 Å². The summed E-state index contributed by atoms with van der Waals surface area (Å²) in [5, 5.41) is 3.06. The normalized spacial score (nSPS) is 25.7. The maximum Gasteiger partial charge on any atom is 0.220 e. The highest BCUT2D eigenvalue weighted by molar-refractivity contribution is 5.79. The van der Waals surface area contributed by atoms with Gasteiger partial charge in [0, 0.05) is 6.42 Å². The molecule has 0 aliphatic carbocycles. The van der Waals surface area contributed by atoms with Gasteiger partial charge in [-0.3, -0.25) is 4.79 Å². The average Bonchev–Trinajstić information content (AvgIpc) is 2.62. The van der Waals surface area contributed by atoms with Crippen molar-refractivity contribution in [3.05, 3.63) is 35.9 Å². The molecule has 1 N–H and O–H groups in total. The molecule has 1 aliphatic rings. The molecule has 0 aromatic heterocycles. The fourth-order valence-corrected chi connectivity index (χ4v) is 2.28. The van der Waals surface area contributed by atoms with Gasteiger partial charge in [-0.1, -0.05) is 44.2 Å². The summed E-state index contributed by atoms with van der Waals surface area (Å²) in [6.45, 7) is 4.36. The Morgan fingerprint density at radius 3 is 2.53 bits per heavy atom. The molecule has 1 heterocycles. The van der Waals surface area contributed by atoms with Crippen LogP contribution in [0, 0.1) is 11.8 Å². The highest BCUT2D eigenvalue weighted by atomic mass is 16.2. The first kappa shape index (κ1) is 10.2. The van der Waals surface area contributed by atoms with Crippen LogP contribution in [0.15, 0.2) is 30.3 Å². The van der Waals surface area contributed by atoms with Crippen LogP contribution in [0.25, 0.3) is 0 Å². The third-order valence-corrected chi connectivity index (χ3v) is 3.18. The zero-order chi connectivity index (χ0) is 10.8. The van der Waals surface area contributed by atoms with E-state index in [1.54, 1.807) is 0 Å². The van der Waals surface area contributed by atoms with Crippen LogP contribution in [-0.4, -0.2) is 5.91 Å². The molecule has 1 saturated heterocycles. The molecule has 0 spiro atoms. The number of hydrogen-bond acceptors (Lipinski definition) is 1. The van der Waals surface area contributed by atoms with Gasteiger partial charge in [0.1, 0.15) is 0 Å². The van der Waals surface area contributed by atoms with Gasteiger partial charge in [-0.25, -0.2) is 0 Å². The number of carbonyl (C=O) groups excluding carboxylic acids is 1. The van der Waals surface area contributed by atoms with Gasteiger partial charge < -0.3 is 5.32 Å². The minimum absolute atomic E-state index is 0.183. The van der Waals surface area contributed by atoms with E-state index in [4.69, 9.17) is 0 Å². The second-order valence-electron chi connectivity index (χ2n) is 4.57. The number of benzene rings is 1. The van der Waals surface area contributed by atoms with Crippen LogP contribution < -0.4 is 5.32 Å². The third-order valence-electron chi connectivity index (χ3n) is 3.18. The molecule has 1 aliphatic heterocycles. The molecule has 0 bridgehead atoms. The molecule has 2 nitrogen and oxygen atoms in total. The minimum atomic E-state index is 0.183. The summed E-state index contributed by atoms with van der Waals surface area (Å²) in [6.07, 6.45) is 0.664. The van der Waals surface area contributed by atoms with Crippen LogP contribution in [0.5, 0.6) is 0 Å². The van der Waals surface area contributed by atoms with Gasteiger partial charge in [0.05, 0.1) is 6.04 Å². The van der Waals surface area contributed by atoms with Gasteiger partial charge in [0.2, 0.25) is 5.91 Å². The second-order valence-corrected chi connectivity index (χ2v) is 4.57. The summed E-state index contributed by atoms with van der Waals surface area (Å²) in [6, 6.07) is 10.4. The van der Waals surface area contributed by atoms with Crippen molar-refractivity contribution < 1.29 is 4.79 Å². The van der Waals surface area contributed by atoms with Crippen molar-refractivity contribution in [2.75, 3.05) is 0 Å². The SMILES string of the molecule is CC(C)[C@@H]1CC(=O)N[C@H]1c1ccccc1. The van der Waals surface area contributed by atoms with Crippen molar-refractivity contribution in [2.24, 2.45) is 11.8 Å². The summed E-state index contributed by atoms with van der Waals surface area (Å²) in [7, 11) is 0. The van der Waals surface area contributed by atoms with Gasteiger partial charge in [0.25, 0.3) is 0 Å². The topological polar surface area (TPSA) is 29.1 Å². The quantitative estimate of drug-likeness (QED) is 0.786. The van der Waals surface area contributed by atoms with Crippen molar-refractivity contribution in [3.63, 3.8) is 0 Å². The van der Waals surface area contributed by atoms with E-state index in [-0.39, 0.29) is 11.9 Å². The molecule has 2 heteroatoms. The van der Waals surface area contributed by atoms with Crippen molar-refractivity contribution in [2.45, 2.75) is 26.3 Å². The molecule has 0 saturated carbocycles. The Bertz CT molecular complexity index is 345. The number of carbonyl (C=O) groups is 1. The highest BCUT2D eigenvalue weighted by Crippen LogP contribution is 2.35. The zero-order valence-electron chi connectivity index (χ0n) is 9.23. The zero-order valence-corrected chi connectivity index (χ0v) is 9.23. The molecule has 0 unspecified atom stereocenters. The molecule has 1 amide bonds.